The number of rotatable bonds is 4. The number of benzene rings is 1. The van der Waals surface area contributed by atoms with Gasteiger partial charge in [-0.05, 0) is 36.5 Å². The number of carbonyl (C=O) groups is 1. The predicted molar refractivity (Wildman–Crippen MR) is 95.8 cm³/mol. The zero-order valence-electron chi connectivity index (χ0n) is 14.2. The lowest BCUT2D eigenvalue weighted by Gasteiger charge is -2.29. The molecule has 0 fully saturated rings. The molecule has 3 rings (SSSR count). The fourth-order valence-corrected chi connectivity index (χ4v) is 2.89. The average Bonchev–Trinajstić information content (AvgIpc) is 3.21. The van der Waals surface area contributed by atoms with Gasteiger partial charge in [0.1, 0.15) is 0 Å². The van der Waals surface area contributed by atoms with Crippen molar-refractivity contribution in [1.82, 2.24) is 4.90 Å². The summed E-state index contributed by atoms with van der Waals surface area (Å²) in [7, 11) is 1.81. The number of hydrogen-bond acceptors (Lipinski definition) is 2. The Morgan fingerprint density at radius 3 is 2.09 bits per heavy atom. The number of amides is 1. The molecule has 0 aliphatic heterocycles. The van der Waals surface area contributed by atoms with Gasteiger partial charge in [0.15, 0.2) is 0 Å². The van der Waals surface area contributed by atoms with E-state index in [0.717, 1.165) is 12.0 Å². The monoisotopic (exact) mass is 310 g/mol. The summed E-state index contributed by atoms with van der Waals surface area (Å²) in [4.78, 5) is 13.6. The number of carbonyl (C=O) groups excluding carboxylic acids is 1. The summed E-state index contributed by atoms with van der Waals surface area (Å²) in [5, 5.41) is 0. The van der Waals surface area contributed by atoms with E-state index in [2.05, 4.69) is 31.2 Å². The summed E-state index contributed by atoms with van der Waals surface area (Å²) in [5.41, 5.74) is 9.71. The SMILES string of the molecule is C1=CC2=CC=C1C2.CCC(c1ccccc1)N(C)C(=O)C(C)N. The molecule has 0 saturated heterocycles. The summed E-state index contributed by atoms with van der Waals surface area (Å²) in [6, 6.07) is 9.70. The number of allylic oxidation sites excluding steroid dienone is 6. The van der Waals surface area contributed by atoms with Crippen molar-refractivity contribution in [2.45, 2.75) is 38.8 Å². The molecular weight excluding hydrogens is 284 g/mol. The third-order valence-electron chi connectivity index (χ3n) is 4.21. The van der Waals surface area contributed by atoms with E-state index >= 15 is 0 Å². The Morgan fingerprint density at radius 2 is 1.74 bits per heavy atom. The minimum Gasteiger partial charge on any atom is -0.337 e. The first kappa shape index (κ1) is 17.2. The number of hydrogen-bond donors (Lipinski definition) is 1. The molecule has 0 aromatic heterocycles. The van der Waals surface area contributed by atoms with Gasteiger partial charge in [0.25, 0.3) is 0 Å². The van der Waals surface area contributed by atoms with Crippen LogP contribution in [-0.4, -0.2) is 23.9 Å². The van der Waals surface area contributed by atoms with Crippen molar-refractivity contribution >= 4 is 5.91 Å². The predicted octanol–water partition coefficient (Wildman–Crippen LogP) is 3.76. The Hall–Kier alpha value is -2.13. The fourth-order valence-electron chi connectivity index (χ4n) is 2.89. The minimum absolute atomic E-state index is 0.0179. The highest BCUT2D eigenvalue weighted by molar-refractivity contribution is 5.81. The summed E-state index contributed by atoms with van der Waals surface area (Å²) < 4.78 is 0. The number of nitrogens with two attached hydrogens (primary N) is 1. The molecule has 0 saturated carbocycles. The standard InChI is InChI=1S/C13H20N2O.C7H6/c1-4-12(11-8-6-5-7-9-11)15(3)13(16)10(2)14;1-2-7-4-3-6(1)5-7/h5-10,12H,4,14H2,1-3H3;1-4H,5H2. The Labute approximate surface area is 139 Å². The van der Waals surface area contributed by atoms with Gasteiger partial charge in [-0.2, -0.15) is 0 Å². The Kier molecular flexibility index (Phi) is 5.94. The Balaban J connectivity index is 0.000000223. The Morgan fingerprint density at radius 1 is 1.17 bits per heavy atom. The zero-order valence-corrected chi connectivity index (χ0v) is 14.2. The quantitative estimate of drug-likeness (QED) is 0.920. The van der Waals surface area contributed by atoms with Gasteiger partial charge in [0, 0.05) is 7.05 Å². The summed E-state index contributed by atoms with van der Waals surface area (Å²) >= 11 is 0. The molecule has 23 heavy (non-hydrogen) atoms. The second-order valence-electron chi connectivity index (χ2n) is 6.07. The molecule has 2 aliphatic carbocycles. The normalized spacial score (nSPS) is 16.9. The smallest absolute Gasteiger partial charge is 0.239 e. The average molecular weight is 310 g/mol. The van der Waals surface area contributed by atoms with Gasteiger partial charge >= 0.3 is 0 Å². The first-order valence-corrected chi connectivity index (χ1v) is 8.18. The second-order valence-corrected chi connectivity index (χ2v) is 6.07. The van der Waals surface area contributed by atoms with Crippen molar-refractivity contribution in [3.63, 3.8) is 0 Å². The highest BCUT2D eigenvalue weighted by atomic mass is 16.2. The lowest BCUT2D eigenvalue weighted by molar-refractivity contribution is -0.133. The minimum atomic E-state index is -0.442. The number of fused-ring (bicyclic) bond motifs is 2. The molecule has 2 unspecified atom stereocenters. The maximum Gasteiger partial charge on any atom is 0.239 e. The molecule has 2 bridgehead atoms. The van der Waals surface area contributed by atoms with Crippen LogP contribution in [0.25, 0.3) is 0 Å². The van der Waals surface area contributed by atoms with Crippen LogP contribution in [0, 0.1) is 0 Å². The van der Waals surface area contributed by atoms with Gasteiger partial charge in [0.2, 0.25) is 5.91 Å². The summed E-state index contributed by atoms with van der Waals surface area (Å²) in [6.45, 7) is 3.79. The number of nitrogens with zero attached hydrogens (tertiary/aromatic N) is 1. The third-order valence-corrected chi connectivity index (χ3v) is 4.21. The maximum absolute atomic E-state index is 11.8. The van der Waals surface area contributed by atoms with Crippen molar-refractivity contribution in [1.29, 1.82) is 0 Å². The van der Waals surface area contributed by atoms with Gasteiger partial charge in [-0.1, -0.05) is 61.6 Å². The van der Waals surface area contributed by atoms with Crippen LogP contribution in [0.3, 0.4) is 0 Å². The van der Waals surface area contributed by atoms with Gasteiger partial charge in [0.05, 0.1) is 12.1 Å². The van der Waals surface area contributed by atoms with E-state index in [4.69, 9.17) is 5.73 Å². The van der Waals surface area contributed by atoms with Crippen LogP contribution in [-0.2, 0) is 4.79 Å². The van der Waals surface area contributed by atoms with Crippen molar-refractivity contribution in [3.8, 4) is 0 Å². The van der Waals surface area contributed by atoms with Crippen LogP contribution in [0.1, 0.15) is 38.3 Å². The van der Waals surface area contributed by atoms with E-state index in [1.54, 1.807) is 11.8 Å². The molecule has 2 atom stereocenters. The lowest BCUT2D eigenvalue weighted by atomic mass is 10.0. The van der Waals surface area contributed by atoms with E-state index in [-0.39, 0.29) is 11.9 Å². The zero-order chi connectivity index (χ0) is 16.8. The van der Waals surface area contributed by atoms with E-state index in [1.165, 1.54) is 17.6 Å². The summed E-state index contributed by atoms with van der Waals surface area (Å²) in [5.74, 6) is -0.0179. The molecule has 0 radical (unpaired) electrons. The van der Waals surface area contributed by atoms with Crippen LogP contribution >= 0.6 is 0 Å². The van der Waals surface area contributed by atoms with Crippen molar-refractivity contribution in [2.24, 2.45) is 5.73 Å². The van der Waals surface area contributed by atoms with Crippen LogP contribution in [0.4, 0.5) is 0 Å². The van der Waals surface area contributed by atoms with E-state index in [1.807, 2.05) is 37.4 Å². The first-order valence-electron chi connectivity index (χ1n) is 8.18. The fraction of sp³-hybridized carbons (Fsp3) is 0.350. The second kappa shape index (κ2) is 7.93. The van der Waals surface area contributed by atoms with Crippen LogP contribution < -0.4 is 5.73 Å². The van der Waals surface area contributed by atoms with Crippen molar-refractivity contribution < 1.29 is 4.79 Å². The van der Waals surface area contributed by atoms with Gasteiger partial charge < -0.3 is 10.6 Å². The number of likely N-dealkylation sites (N-methyl/N-ethyl adjacent to an activating group) is 1. The highest BCUT2D eigenvalue weighted by Gasteiger charge is 2.21. The lowest BCUT2D eigenvalue weighted by Crippen LogP contribution is -2.41. The summed E-state index contributed by atoms with van der Waals surface area (Å²) in [6.07, 6.45) is 10.8. The van der Waals surface area contributed by atoms with Gasteiger partial charge in [-0.3, -0.25) is 4.79 Å². The topological polar surface area (TPSA) is 46.3 Å². The van der Waals surface area contributed by atoms with Crippen LogP contribution in [0.5, 0.6) is 0 Å². The third kappa shape index (κ3) is 4.42. The van der Waals surface area contributed by atoms with Crippen LogP contribution in [0.15, 0.2) is 65.8 Å². The molecule has 1 aromatic carbocycles. The molecule has 3 heteroatoms. The van der Waals surface area contributed by atoms with Crippen molar-refractivity contribution in [3.05, 3.63) is 71.3 Å². The molecule has 3 nitrogen and oxygen atoms in total. The maximum atomic E-state index is 11.8. The van der Waals surface area contributed by atoms with E-state index < -0.39 is 6.04 Å². The molecule has 0 heterocycles. The highest BCUT2D eigenvalue weighted by Crippen LogP contribution is 2.27. The van der Waals surface area contributed by atoms with E-state index in [9.17, 15) is 4.79 Å². The van der Waals surface area contributed by atoms with Crippen LogP contribution in [0.2, 0.25) is 0 Å². The first-order chi connectivity index (χ1) is 11.0. The van der Waals surface area contributed by atoms with Gasteiger partial charge in [-0.15, -0.1) is 0 Å². The Bertz CT molecular complexity index is 606. The van der Waals surface area contributed by atoms with Gasteiger partial charge in [-0.25, -0.2) is 0 Å². The molecule has 1 amide bonds. The largest absolute Gasteiger partial charge is 0.337 e. The molecule has 0 spiro atoms. The van der Waals surface area contributed by atoms with E-state index in [0.29, 0.717) is 0 Å². The molecule has 122 valence electrons. The molecule has 1 aromatic rings. The molecule has 2 aliphatic rings. The van der Waals surface area contributed by atoms with Crippen molar-refractivity contribution in [2.75, 3.05) is 7.05 Å². The molecule has 2 N–H and O–H groups in total. The molecular formula is C20H26N2O.